The van der Waals surface area contributed by atoms with Crippen LogP contribution in [0, 0.1) is 6.92 Å². The Kier molecular flexibility index (Phi) is 4.31. The number of rotatable bonds is 2. The van der Waals surface area contributed by atoms with E-state index in [2.05, 4.69) is 0 Å². The third-order valence-corrected chi connectivity index (χ3v) is 5.50. The standard InChI is InChI=1S/C15H9ClF3NO2S2/c1-7-4-8-5-11(21)9(16)6-10(8)20(7)14(22)12-2-3-13(23-12)24-15(17,18)19/h2-6,21H,1H3. The molecule has 3 rings (SSSR count). The van der Waals surface area contributed by atoms with Crippen LogP contribution in [0.4, 0.5) is 13.2 Å². The van der Waals surface area contributed by atoms with Crippen LogP contribution in [0.1, 0.15) is 15.4 Å². The van der Waals surface area contributed by atoms with Gasteiger partial charge in [-0.2, -0.15) is 13.2 Å². The van der Waals surface area contributed by atoms with Crippen molar-refractivity contribution in [3.8, 4) is 5.75 Å². The molecule has 126 valence electrons. The molecule has 0 saturated heterocycles. The van der Waals surface area contributed by atoms with Gasteiger partial charge >= 0.3 is 5.51 Å². The molecule has 9 heteroatoms. The van der Waals surface area contributed by atoms with Gasteiger partial charge in [0, 0.05) is 11.1 Å². The fourth-order valence-corrected chi connectivity index (χ4v) is 4.25. The van der Waals surface area contributed by atoms with E-state index in [4.69, 9.17) is 11.6 Å². The number of phenols is 1. The lowest BCUT2D eigenvalue weighted by molar-refractivity contribution is -0.0327. The molecular weight excluding hydrogens is 383 g/mol. The highest BCUT2D eigenvalue weighted by molar-refractivity contribution is 8.02. The van der Waals surface area contributed by atoms with Gasteiger partial charge in [-0.05, 0) is 49.0 Å². The van der Waals surface area contributed by atoms with E-state index >= 15 is 0 Å². The molecule has 0 radical (unpaired) electrons. The van der Waals surface area contributed by atoms with Gasteiger partial charge in [-0.1, -0.05) is 11.6 Å². The summed E-state index contributed by atoms with van der Waals surface area (Å²) in [6.45, 7) is 1.70. The Hall–Kier alpha value is -1.64. The van der Waals surface area contributed by atoms with Gasteiger partial charge in [0.2, 0.25) is 0 Å². The van der Waals surface area contributed by atoms with Crippen LogP contribution in [-0.2, 0) is 0 Å². The zero-order chi connectivity index (χ0) is 17.6. The van der Waals surface area contributed by atoms with E-state index in [0.29, 0.717) is 16.6 Å². The van der Waals surface area contributed by atoms with Gasteiger partial charge < -0.3 is 5.11 Å². The Balaban J connectivity index is 2.03. The quantitative estimate of drug-likeness (QED) is 0.572. The average Bonchev–Trinajstić information content (AvgIpc) is 3.01. The van der Waals surface area contributed by atoms with Crippen molar-refractivity contribution in [1.82, 2.24) is 4.57 Å². The molecule has 0 atom stereocenters. The Labute approximate surface area is 147 Å². The van der Waals surface area contributed by atoms with Gasteiger partial charge in [0.25, 0.3) is 5.91 Å². The van der Waals surface area contributed by atoms with Gasteiger partial charge in [-0.15, -0.1) is 11.3 Å². The van der Waals surface area contributed by atoms with Crippen LogP contribution in [0.2, 0.25) is 5.02 Å². The first-order chi connectivity index (χ1) is 11.2. The summed E-state index contributed by atoms with van der Waals surface area (Å²) in [7, 11) is 0. The maximum atomic E-state index is 12.7. The maximum Gasteiger partial charge on any atom is 0.447 e. The van der Waals surface area contributed by atoms with E-state index in [0.717, 1.165) is 11.3 Å². The van der Waals surface area contributed by atoms with Crippen LogP contribution in [0.3, 0.4) is 0 Å². The summed E-state index contributed by atoms with van der Waals surface area (Å²) in [4.78, 5) is 12.9. The van der Waals surface area contributed by atoms with Gasteiger partial charge in [0.05, 0.1) is 19.6 Å². The van der Waals surface area contributed by atoms with Crippen LogP contribution in [0.15, 0.2) is 34.5 Å². The summed E-state index contributed by atoms with van der Waals surface area (Å²) < 4.78 is 38.6. The first-order valence-corrected chi connectivity index (χ1v) is 8.57. The number of carbonyl (C=O) groups excluding carboxylic acids is 1. The van der Waals surface area contributed by atoms with Crippen LogP contribution in [0.25, 0.3) is 10.9 Å². The SMILES string of the molecule is Cc1cc2cc(O)c(Cl)cc2n1C(=O)c1ccc(SC(F)(F)F)s1. The molecular formula is C15H9ClF3NO2S2. The van der Waals surface area contributed by atoms with Crippen molar-refractivity contribution in [3.63, 3.8) is 0 Å². The molecule has 3 nitrogen and oxygen atoms in total. The summed E-state index contributed by atoms with van der Waals surface area (Å²) in [5.74, 6) is -0.544. The second-order valence-corrected chi connectivity index (χ2v) is 7.81. The van der Waals surface area contributed by atoms with Crippen LogP contribution < -0.4 is 0 Å². The summed E-state index contributed by atoms with van der Waals surface area (Å²) in [6, 6.07) is 7.23. The van der Waals surface area contributed by atoms with Gasteiger partial charge in [0.1, 0.15) is 5.75 Å². The molecule has 24 heavy (non-hydrogen) atoms. The highest BCUT2D eigenvalue weighted by atomic mass is 35.5. The summed E-state index contributed by atoms with van der Waals surface area (Å²) >= 11 is 6.43. The fourth-order valence-electron chi connectivity index (χ4n) is 2.34. The number of fused-ring (bicyclic) bond motifs is 1. The van der Waals surface area contributed by atoms with Crippen LogP contribution in [-0.4, -0.2) is 21.1 Å². The van der Waals surface area contributed by atoms with Crippen molar-refractivity contribution in [3.05, 3.63) is 45.9 Å². The average molecular weight is 392 g/mol. The van der Waals surface area contributed by atoms with E-state index in [-0.39, 0.29) is 31.6 Å². The minimum atomic E-state index is -4.40. The lowest BCUT2D eigenvalue weighted by Crippen LogP contribution is -2.11. The minimum absolute atomic E-state index is 0.00404. The van der Waals surface area contributed by atoms with Gasteiger partial charge in [-0.3, -0.25) is 9.36 Å². The van der Waals surface area contributed by atoms with E-state index in [1.165, 1.54) is 28.8 Å². The first kappa shape index (κ1) is 17.2. The number of alkyl halides is 3. The molecule has 0 aliphatic rings. The Morgan fingerprint density at radius 2 is 2.00 bits per heavy atom. The molecule has 0 unspecified atom stereocenters. The molecule has 0 amide bonds. The lowest BCUT2D eigenvalue weighted by Gasteiger charge is -2.06. The first-order valence-electron chi connectivity index (χ1n) is 6.56. The predicted molar refractivity (Wildman–Crippen MR) is 89.3 cm³/mol. The predicted octanol–water partition coefficient (Wildman–Crippen LogP) is 5.67. The normalized spacial score (nSPS) is 12.0. The molecule has 0 aliphatic carbocycles. The smallest absolute Gasteiger partial charge is 0.447 e. The summed E-state index contributed by atoms with van der Waals surface area (Å²) in [5, 5.41) is 10.4. The number of hydrogen-bond donors (Lipinski definition) is 1. The number of aromatic nitrogens is 1. The third-order valence-electron chi connectivity index (χ3n) is 3.27. The van der Waals surface area contributed by atoms with Gasteiger partial charge in [-0.25, -0.2) is 0 Å². The molecule has 0 saturated carbocycles. The molecule has 2 aromatic heterocycles. The Morgan fingerprint density at radius 3 is 2.67 bits per heavy atom. The van der Waals surface area contributed by atoms with Crippen molar-refractivity contribution >= 4 is 51.5 Å². The highest BCUT2D eigenvalue weighted by Crippen LogP contribution is 2.40. The van der Waals surface area contributed by atoms with Crippen LogP contribution >= 0.6 is 34.7 Å². The molecule has 0 spiro atoms. The number of thioether (sulfide) groups is 1. The Morgan fingerprint density at radius 1 is 1.29 bits per heavy atom. The van der Waals surface area contributed by atoms with Crippen molar-refractivity contribution in [2.75, 3.05) is 0 Å². The summed E-state index contributed by atoms with van der Waals surface area (Å²) in [5.41, 5.74) is -3.32. The monoisotopic (exact) mass is 391 g/mol. The number of aromatic hydroxyl groups is 1. The summed E-state index contributed by atoms with van der Waals surface area (Å²) in [6.07, 6.45) is 0. The number of hydrogen-bond acceptors (Lipinski definition) is 4. The van der Waals surface area contributed by atoms with Crippen LogP contribution in [0.5, 0.6) is 5.75 Å². The Bertz CT molecular complexity index is 946. The minimum Gasteiger partial charge on any atom is -0.506 e. The van der Waals surface area contributed by atoms with E-state index in [9.17, 15) is 23.1 Å². The topological polar surface area (TPSA) is 42.2 Å². The maximum absolute atomic E-state index is 12.7. The van der Waals surface area contributed by atoms with Crippen molar-refractivity contribution in [2.45, 2.75) is 16.6 Å². The van der Waals surface area contributed by atoms with Gasteiger partial charge in [0.15, 0.2) is 0 Å². The number of aryl methyl sites for hydroxylation is 1. The number of nitrogens with zero attached hydrogens (tertiary/aromatic N) is 1. The highest BCUT2D eigenvalue weighted by Gasteiger charge is 2.30. The zero-order valence-electron chi connectivity index (χ0n) is 12.0. The van der Waals surface area contributed by atoms with E-state index in [1.54, 1.807) is 13.0 Å². The molecule has 2 heterocycles. The molecule has 0 fully saturated rings. The van der Waals surface area contributed by atoms with Crippen molar-refractivity contribution in [1.29, 1.82) is 0 Å². The van der Waals surface area contributed by atoms with E-state index in [1.807, 2.05) is 0 Å². The number of thiophene rings is 1. The number of phenolic OH excluding ortho intramolecular Hbond substituents is 1. The molecule has 1 aromatic carbocycles. The lowest BCUT2D eigenvalue weighted by atomic mass is 10.2. The molecule has 1 N–H and O–H groups in total. The number of carbonyl (C=O) groups is 1. The molecule has 0 bridgehead atoms. The van der Waals surface area contributed by atoms with Crippen molar-refractivity contribution in [2.24, 2.45) is 0 Å². The fraction of sp³-hybridized carbons (Fsp3) is 0.133. The second-order valence-electron chi connectivity index (χ2n) is 4.96. The number of benzene rings is 1. The molecule has 3 aromatic rings. The van der Waals surface area contributed by atoms with E-state index < -0.39 is 11.4 Å². The van der Waals surface area contributed by atoms with Crippen molar-refractivity contribution < 1.29 is 23.1 Å². The molecule has 0 aliphatic heterocycles. The zero-order valence-corrected chi connectivity index (χ0v) is 14.4. The largest absolute Gasteiger partial charge is 0.506 e. The second kappa shape index (κ2) is 6.02. The third kappa shape index (κ3) is 3.26. The number of halogens is 4.